The molecule has 11 heteroatoms. The van der Waals surface area contributed by atoms with E-state index in [0.29, 0.717) is 5.69 Å². The van der Waals surface area contributed by atoms with Crippen LogP contribution in [0.5, 0.6) is 5.75 Å². The summed E-state index contributed by atoms with van der Waals surface area (Å²) in [5, 5.41) is 16.8. The largest absolute Gasteiger partial charge is 0.481 e. The first-order valence-electron chi connectivity index (χ1n) is 11.9. The number of hydrogen-bond donors (Lipinski definition) is 5. The van der Waals surface area contributed by atoms with Crippen LogP contribution in [0.4, 0.5) is 5.69 Å². The Morgan fingerprint density at radius 3 is 2.16 bits per heavy atom. The van der Waals surface area contributed by atoms with Gasteiger partial charge in [0.05, 0.1) is 12.5 Å². The number of carbonyl (C=O) groups excluding carboxylic acids is 2. The molecule has 3 aromatic carbocycles. The number of benzene rings is 3. The molecule has 0 saturated heterocycles. The lowest BCUT2D eigenvalue weighted by atomic mass is 10.0. The highest BCUT2D eigenvalue weighted by Gasteiger charge is 2.26. The van der Waals surface area contributed by atoms with Gasteiger partial charge in [-0.1, -0.05) is 54.6 Å². The van der Waals surface area contributed by atoms with E-state index in [-0.39, 0.29) is 31.0 Å². The minimum atomic E-state index is -4.22. The molecule has 2 amide bonds. The van der Waals surface area contributed by atoms with Crippen LogP contribution in [0.1, 0.15) is 18.9 Å². The monoisotopic (exact) mass is 539 g/mol. The van der Waals surface area contributed by atoms with E-state index in [4.69, 9.17) is 9.63 Å². The molecule has 0 aliphatic heterocycles. The van der Waals surface area contributed by atoms with Crippen LogP contribution in [-0.4, -0.2) is 46.7 Å². The number of amides is 2. The van der Waals surface area contributed by atoms with Crippen molar-refractivity contribution in [2.45, 2.75) is 25.8 Å². The van der Waals surface area contributed by atoms with E-state index in [1.807, 2.05) is 54.6 Å². The molecule has 0 aliphatic carbocycles. The Labute approximate surface area is 220 Å². The molecular formula is C27H30N3O7P. The SMILES string of the molecule is CC(=O)Nc1ccc(OP(=O)(O)CN[C@@H](Cc2ccc(-c3ccccc3)cc2)C(=O)NCCC(=O)O)cc1. The zero-order valence-electron chi connectivity index (χ0n) is 20.8. The first-order chi connectivity index (χ1) is 18.1. The average molecular weight is 540 g/mol. The summed E-state index contributed by atoms with van der Waals surface area (Å²) in [6, 6.07) is 22.4. The van der Waals surface area contributed by atoms with Crippen LogP contribution in [0, 0.1) is 0 Å². The zero-order valence-corrected chi connectivity index (χ0v) is 21.7. The second kappa shape index (κ2) is 13.5. The summed E-state index contributed by atoms with van der Waals surface area (Å²) in [6.45, 7) is 1.29. The van der Waals surface area contributed by atoms with Gasteiger partial charge in [0.1, 0.15) is 12.0 Å². The Balaban J connectivity index is 1.66. The van der Waals surface area contributed by atoms with Gasteiger partial charge in [-0.25, -0.2) is 4.57 Å². The first kappa shape index (κ1) is 28.6. The Morgan fingerprint density at radius 1 is 0.921 bits per heavy atom. The third-order valence-electron chi connectivity index (χ3n) is 5.42. The van der Waals surface area contributed by atoms with Crippen LogP contribution in [0.25, 0.3) is 11.1 Å². The molecule has 3 rings (SSSR count). The fourth-order valence-electron chi connectivity index (χ4n) is 3.60. The maximum Gasteiger partial charge on any atom is 0.390 e. The van der Waals surface area contributed by atoms with Gasteiger partial charge in [-0.3, -0.25) is 19.7 Å². The maximum atomic E-state index is 12.8. The third-order valence-corrected chi connectivity index (χ3v) is 6.49. The van der Waals surface area contributed by atoms with E-state index in [2.05, 4.69) is 16.0 Å². The highest BCUT2D eigenvalue weighted by atomic mass is 31.2. The third kappa shape index (κ3) is 9.48. The van der Waals surface area contributed by atoms with Gasteiger partial charge in [0.25, 0.3) is 0 Å². The topological polar surface area (TPSA) is 154 Å². The summed E-state index contributed by atoms with van der Waals surface area (Å²) < 4.78 is 18.0. The summed E-state index contributed by atoms with van der Waals surface area (Å²) in [5.41, 5.74) is 3.36. The number of anilines is 1. The Morgan fingerprint density at radius 2 is 1.55 bits per heavy atom. The molecule has 0 radical (unpaired) electrons. The summed E-state index contributed by atoms with van der Waals surface area (Å²) in [5.74, 6) is -1.69. The molecule has 1 unspecified atom stereocenters. The zero-order chi connectivity index (χ0) is 27.5. The van der Waals surface area contributed by atoms with Gasteiger partial charge in [0, 0.05) is 19.2 Å². The van der Waals surface area contributed by atoms with E-state index in [0.717, 1.165) is 16.7 Å². The van der Waals surface area contributed by atoms with Crippen LogP contribution in [-0.2, 0) is 25.4 Å². The number of carbonyl (C=O) groups is 3. The summed E-state index contributed by atoms with van der Waals surface area (Å²) in [7, 11) is -4.22. The van der Waals surface area contributed by atoms with Gasteiger partial charge in [0.15, 0.2) is 0 Å². The van der Waals surface area contributed by atoms with Crippen LogP contribution in [0.15, 0.2) is 78.9 Å². The molecule has 10 nitrogen and oxygen atoms in total. The van der Waals surface area contributed by atoms with Crippen molar-refractivity contribution in [3.8, 4) is 16.9 Å². The van der Waals surface area contributed by atoms with Crippen LogP contribution >= 0.6 is 7.60 Å². The standard InChI is InChI=1S/C27H30N3O7P/c1-19(31)30-23-11-13-24(14-12-23)37-38(35,36)18-29-25(27(34)28-16-15-26(32)33)17-20-7-9-22(10-8-20)21-5-3-2-4-6-21/h2-14,25,29H,15-18H2,1H3,(H,28,34)(H,30,31)(H,32,33)(H,35,36)/t25-/m0/s1. The van der Waals surface area contributed by atoms with Crippen molar-refractivity contribution < 1.29 is 33.5 Å². The molecule has 3 aromatic rings. The van der Waals surface area contributed by atoms with Crippen LogP contribution < -0.4 is 20.5 Å². The smallest absolute Gasteiger partial charge is 0.390 e. The van der Waals surface area contributed by atoms with Crippen molar-refractivity contribution in [2.24, 2.45) is 0 Å². The summed E-state index contributed by atoms with van der Waals surface area (Å²) in [4.78, 5) is 45.2. The Hall–Kier alpha value is -3.98. The van der Waals surface area contributed by atoms with Gasteiger partial charge in [0.2, 0.25) is 11.8 Å². The lowest BCUT2D eigenvalue weighted by molar-refractivity contribution is -0.137. The average Bonchev–Trinajstić information content (AvgIpc) is 2.88. The van der Waals surface area contributed by atoms with E-state index >= 15 is 0 Å². The Bertz CT molecular complexity index is 1280. The lowest BCUT2D eigenvalue weighted by Crippen LogP contribution is -2.46. The Kier molecular flexibility index (Phi) is 10.2. The van der Waals surface area contributed by atoms with Gasteiger partial charge in [-0.15, -0.1) is 0 Å². The molecule has 0 saturated carbocycles. The fourth-order valence-corrected chi connectivity index (χ4v) is 4.56. The normalized spacial score (nSPS) is 13.1. The highest BCUT2D eigenvalue weighted by Crippen LogP contribution is 2.41. The van der Waals surface area contributed by atoms with Crippen molar-refractivity contribution in [1.29, 1.82) is 0 Å². The summed E-state index contributed by atoms with van der Waals surface area (Å²) >= 11 is 0. The predicted octanol–water partition coefficient (Wildman–Crippen LogP) is 3.63. The molecule has 0 fully saturated rings. The fraction of sp³-hybridized carbons (Fsp3) is 0.222. The molecule has 200 valence electrons. The summed E-state index contributed by atoms with van der Waals surface area (Å²) in [6.07, 6.45) is -0.584. The molecular weight excluding hydrogens is 509 g/mol. The van der Waals surface area contributed by atoms with E-state index in [1.54, 1.807) is 0 Å². The quantitative estimate of drug-likeness (QED) is 0.206. The number of rotatable bonds is 13. The van der Waals surface area contributed by atoms with E-state index in [9.17, 15) is 23.8 Å². The number of hydrogen-bond acceptors (Lipinski definition) is 6. The van der Waals surface area contributed by atoms with Crippen LogP contribution in [0.2, 0.25) is 0 Å². The van der Waals surface area contributed by atoms with Gasteiger partial charge >= 0.3 is 13.6 Å². The van der Waals surface area contributed by atoms with Gasteiger partial charge in [-0.2, -0.15) is 0 Å². The van der Waals surface area contributed by atoms with Crippen molar-refractivity contribution in [2.75, 3.05) is 18.1 Å². The lowest BCUT2D eigenvalue weighted by Gasteiger charge is -2.21. The molecule has 0 aromatic heterocycles. The maximum absolute atomic E-state index is 12.8. The van der Waals surface area contributed by atoms with Crippen molar-refractivity contribution in [1.82, 2.24) is 10.6 Å². The molecule has 0 heterocycles. The minimum Gasteiger partial charge on any atom is -0.481 e. The second-order valence-electron chi connectivity index (χ2n) is 8.55. The second-order valence-corrected chi connectivity index (χ2v) is 10.3. The van der Waals surface area contributed by atoms with E-state index in [1.165, 1.54) is 31.2 Å². The molecule has 0 bridgehead atoms. The first-order valence-corrected chi connectivity index (χ1v) is 13.6. The number of aliphatic carboxylic acids is 1. The molecule has 0 aliphatic rings. The number of carboxylic acids is 1. The van der Waals surface area contributed by atoms with Crippen molar-refractivity contribution in [3.05, 3.63) is 84.4 Å². The highest BCUT2D eigenvalue weighted by molar-refractivity contribution is 7.53. The molecule has 5 N–H and O–H groups in total. The van der Waals surface area contributed by atoms with Gasteiger partial charge in [-0.05, 0) is 47.4 Å². The minimum absolute atomic E-state index is 0.0762. The molecule has 2 atom stereocenters. The van der Waals surface area contributed by atoms with Crippen molar-refractivity contribution in [3.63, 3.8) is 0 Å². The molecule has 0 spiro atoms. The number of nitrogens with one attached hydrogen (secondary N) is 3. The molecule has 38 heavy (non-hydrogen) atoms. The van der Waals surface area contributed by atoms with Gasteiger partial charge < -0.3 is 25.2 Å². The predicted molar refractivity (Wildman–Crippen MR) is 144 cm³/mol. The van der Waals surface area contributed by atoms with Crippen LogP contribution in [0.3, 0.4) is 0 Å². The number of carboxylic acid groups (broad SMARTS) is 1. The van der Waals surface area contributed by atoms with Crippen molar-refractivity contribution >= 4 is 31.1 Å². The van der Waals surface area contributed by atoms with E-state index < -0.39 is 31.8 Å².